The molecule has 2 rings (SSSR count). The van der Waals surface area contributed by atoms with Crippen LogP contribution in [0.4, 0.5) is 0 Å². The Kier molecular flexibility index (Phi) is 6.47. The van der Waals surface area contributed by atoms with E-state index in [2.05, 4.69) is 89.7 Å². The zero-order chi connectivity index (χ0) is 15.1. The molecule has 0 spiro atoms. The molecule has 0 aromatic heterocycles. The fourth-order valence-electron chi connectivity index (χ4n) is 2.48. The lowest BCUT2D eigenvalue weighted by Gasteiger charge is -2.20. The van der Waals surface area contributed by atoms with Crippen molar-refractivity contribution in [1.82, 2.24) is 5.32 Å². The number of halogens is 1. The number of rotatable bonds is 7. The Morgan fingerprint density at radius 2 is 1.62 bits per heavy atom. The van der Waals surface area contributed by atoms with Gasteiger partial charge in [-0.05, 0) is 42.0 Å². The van der Waals surface area contributed by atoms with E-state index < -0.39 is 0 Å². The van der Waals surface area contributed by atoms with E-state index >= 15 is 0 Å². The Hall–Kier alpha value is -1.12. The van der Waals surface area contributed by atoms with Crippen LogP contribution in [0.25, 0.3) is 0 Å². The normalized spacial score (nSPS) is 12.6. The van der Waals surface area contributed by atoms with Crippen LogP contribution >= 0.6 is 15.9 Å². The van der Waals surface area contributed by atoms with Crippen LogP contribution in [-0.2, 0) is 6.42 Å². The molecular weight excluding hydrogens is 322 g/mol. The van der Waals surface area contributed by atoms with Crippen molar-refractivity contribution in [3.63, 3.8) is 0 Å². The molecule has 0 saturated heterocycles. The second-order valence-electron chi connectivity index (χ2n) is 5.84. The van der Waals surface area contributed by atoms with E-state index in [-0.39, 0.29) is 0 Å². The van der Waals surface area contributed by atoms with Crippen molar-refractivity contribution in [2.75, 3.05) is 6.54 Å². The van der Waals surface area contributed by atoms with Crippen LogP contribution in [0.3, 0.4) is 0 Å². The molecule has 112 valence electrons. The smallest absolute Gasteiger partial charge is 0.0175 e. The maximum atomic E-state index is 3.58. The van der Waals surface area contributed by atoms with Gasteiger partial charge in [0, 0.05) is 17.1 Å². The molecule has 1 N–H and O–H groups in total. The molecule has 2 aromatic carbocycles. The van der Waals surface area contributed by atoms with Crippen molar-refractivity contribution in [2.24, 2.45) is 0 Å². The summed E-state index contributed by atoms with van der Waals surface area (Å²) in [6.45, 7) is 5.45. The summed E-state index contributed by atoms with van der Waals surface area (Å²) in [5.41, 5.74) is 2.84. The standard InChI is InChI=1S/C19H24BrN/c1-15(2)21-14-18(17-6-4-3-5-7-17)11-8-16-9-12-19(20)13-10-16/h3-7,9-10,12-13,15,18,21H,8,11,14H2,1-2H3. The summed E-state index contributed by atoms with van der Waals surface area (Å²) in [5, 5.41) is 3.58. The fourth-order valence-corrected chi connectivity index (χ4v) is 2.75. The first-order valence-corrected chi connectivity index (χ1v) is 8.47. The Morgan fingerprint density at radius 1 is 0.952 bits per heavy atom. The molecule has 0 aliphatic carbocycles. The van der Waals surface area contributed by atoms with E-state index in [4.69, 9.17) is 0 Å². The topological polar surface area (TPSA) is 12.0 Å². The molecule has 0 radical (unpaired) electrons. The van der Waals surface area contributed by atoms with E-state index in [1.54, 1.807) is 0 Å². The predicted molar refractivity (Wildman–Crippen MR) is 94.8 cm³/mol. The van der Waals surface area contributed by atoms with Crippen LogP contribution < -0.4 is 5.32 Å². The highest BCUT2D eigenvalue weighted by molar-refractivity contribution is 9.10. The summed E-state index contributed by atoms with van der Waals surface area (Å²) < 4.78 is 1.15. The van der Waals surface area contributed by atoms with Crippen molar-refractivity contribution in [3.05, 3.63) is 70.2 Å². The minimum atomic E-state index is 0.531. The Balaban J connectivity index is 2.00. The summed E-state index contributed by atoms with van der Waals surface area (Å²) in [7, 11) is 0. The van der Waals surface area contributed by atoms with E-state index in [9.17, 15) is 0 Å². The molecule has 2 aromatic rings. The van der Waals surface area contributed by atoms with Crippen LogP contribution in [0.5, 0.6) is 0 Å². The van der Waals surface area contributed by atoms with Crippen molar-refractivity contribution in [2.45, 2.75) is 38.6 Å². The number of nitrogens with one attached hydrogen (secondary N) is 1. The highest BCUT2D eigenvalue weighted by Gasteiger charge is 2.12. The van der Waals surface area contributed by atoms with Crippen molar-refractivity contribution < 1.29 is 0 Å². The first-order chi connectivity index (χ1) is 10.1. The third-order valence-electron chi connectivity index (χ3n) is 3.74. The van der Waals surface area contributed by atoms with E-state index in [0.717, 1.165) is 17.4 Å². The molecule has 0 heterocycles. The lowest BCUT2D eigenvalue weighted by atomic mass is 9.92. The van der Waals surface area contributed by atoms with Crippen LogP contribution in [0.15, 0.2) is 59.1 Å². The average Bonchev–Trinajstić information content (AvgIpc) is 2.50. The molecule has 1 atom stereocenters. The molecule has 0 bridgehead atoms. The van der Waals surface area contributed by atoms with Crippen LogP contribution in [0.1, 0.15) is 37.3 Å². The van der Waals surface area contributed by atoms with Gasteiger partial charge in [-0.15, -0.1) is 0 Å². The minimum Gasteiger partial charge on any atom is -0.314 e. The summed E-state index contributed by atoms with van der Waals surface area (Å²) in [6, 6.07) is 20.1. The van der Waals surface area contributed by atoms with Crippen molar-refractivity contribution in [1.29, 1.82) is 0 Å². The first-order valence-electron chi connectivity index (χ1n) is 7.68. The van der Waals surface area contributed by atoms with Gasteiger partial charge in [-0.25, -0.2) is 0 Å². The molecular formula is C19H24BrN. The van der Waals surface area contributed by atoms with Gasteiger partial charge in [0.2, 0.25) is 0 Å². The van der Waals surface area contributed by atoms with Gasteiger partial charge in [0.15, 0.2) is 0 Å². The summed E-state index contributed by atoms with van der Waals surface area (Å²) in [4.78, 5) is 0. The molecule has 0 saturated carbocycles. The minimum absolute atomic E-state index is 0.531. The van der Waals surface area contributed by atoms with Gasteiger partial charge in [0.05, 0.1) is 0 Å². The second kappa shape index (κ2) is 8.35. The van der Waals surface area contributed by atoms with Gasteiger partial charge >= 0.3 is 0 Å². The number of benzene rings is 2. The zero-order valence-electron chi connectivity index (χ0n) is 12.9. The molecule has 0 fully saturated rings. The second-order valence-corrected chi connectivity index (χ2v) is 6.75. The Labute approximate surface area is 136 Å². The van der Waals surface area contributed by atoms with Gasteiger partial charge in [0.25, 0.3) is 0 Å². The summed E-state index contributed by atoms with van der Waals surface area (Å²) >= 11 is 3.49. The highest BCUT2D eigenvalue weighted by atomic mass is 79.9. The van der Waals surface area contributed by atoms with Crippen molar-refractivity contribution in [3.8, 4) is 0 Å². The Bertz CT molecular complexity index is 519. The molecule has 2 heteroatoms. The largest absolute Gasteiger partial charge is 0.314 e. The number of hydrogen-bond donors (Lipinski definition) is 1. The monoisotopic (exact) mass is 345 g/mol. The van der Waals surface area contributed by atoms with E-state index in [1.165, 1.54) is 17.5 Å². The van der Waals surface area contributed by atoms with Gasteiger partial charge in [-0.1, -0.05) is 72.2 Å². The quantitative estimate of drug-likeness (QED) is 0.730. The first kappa shape index (κ1) is 16.3. The summed E-state index contributed by atoms with van der Waals surface area (Å²) in [5.74, 6) is 0.567. The van der Waals surface area contributed by atoms with Gasteiger partial charge in [-0.2, -0.15) is 0 Å². The molecule has 0 aliphatic rings. The molecule has 1 unspecified atom stereocenters. The SMILES string of the molecule is CC(C)NCC(CCc1ccc(Br)cc1)c1ccccc1. The molecule has 1 nitrogen and oxygen atoms in total. The number of hydrogen-bond acceptors (Lipinski definition) is 1. The third-order valence-corrected chi connectivity index (χ3v) is 4.27. The number of aryl methyl sites for hydroxylation is 1. The van der Waals surface area contributed by atoms with Gasteiger partial charge in [-0.3, -0.25) is 0 Å². The van der Waals surface area contributed by atoms with Crippen molar-refractivity contribution >= 4 is 15.9 Å². The Morgan fingerprint density at radius 3 is 2.24 bits per heavy atom. The van der Waals surface area contributed by atoms with Gasteiger partial charge in [0.1, 0.15) is 0 Å². The molecule has 21 heavy (non-hydrogen) atoms. The van der Waals surface area contributed by atoms with E-state index in [0.29, 0.717) is 12.0 Å². The summed E-state index contributed by atoms with van der Waals surface area (Å²) in [6.07, 6.45) is 2.29. The fraction of sp³-hybridized carbons (Fsp3) is 0.368. The third kappa shape index (κ3) is 5.64. The lowest BCUT2D eigenvalue weighted by molar-refractivity contribution is 0.508. The lowest BCUT2D eigenvalue weighted by Crippen LogP contribution is -2.28. The zero-order valence-corrected chi connectivity index (χ0v) is 14.4. The maximum absolute atomic E-state index is 3.58. The van der Waals surface area contributed by atoms with E-state index in [1.807, 2.05) is 0 Å². The maximum Gasteiger partial charge on any atom is 0.0175 e. The molecule has 0 aliphatic heterocycles. The molecule has 0 amide bonds. The van der Waals surface area contributed by atoms with Crippen LogP contribution in [0.2, 0.25) is 0 Å². The average molecular weight is 346 g/mol. The highest BCUT2D eigenvalue weighted by Crippen LogP contribution is 2.22. The predicted octanol–water partition coefficient (Wildman–Crippen LogP) is 5.16. The van der Waals surface area contributed by atoms with Gasteiger partial charge < -0.3 is 5.32 Å². The van der Waals surface area contributed by atoms with Crippen LogP contribution in [0, 0.1) is 0 Å². The van der Waals surface area contributed by atoms with Crippen LogP contribution in [-0.4, -0.2) is 12.6 Å².